The highest BCUT2D eigenvalue weighted by molar-refractivity contribution is 5.97. The molecule has 23 heavy (non-hydrogen) atoms. The molecule has 3 aromatic rings. The van der Waals surface area contributed by atoms with Crippen molar-refractivity contribution in [1.29, 1.82) is 5.41 Å². The lowest BCUT2D eigenvalue weighted by Crippen LogP contribution is -2.28. The third-order valence-electron chi connectivity index (χ3n) is 3.71. The van der Waals surface area contributed by atoms with Gasteiger partial charge >= 0.3 is 5.97 Å². The number of aromatic carboxylic acids is 1. The van der Waals surface area contributed by atoms with Crippen LogP contribution in [-0.2, 0) is 0 Å². The van der Waals surface area contributed by atoms with E-state index >= 15 is 0 Å². The SMILES string of the molecule is N=C(N)C(c1cccc(O)c1)n1c(C(=O)O)cc2ccccc21. The third-order valence-corrected chi connectivity index (χ3v) is 3.71. The molecule has 0 saturated heterocycles. The van der Waals surface area contributed by atoms with E-state index < -0.39 is 12.0 Å². The number of para-hydroxylation sites is 1. The Morgan fingerprint density at radius 3 is 2.52 bits per heavy atom. The summed E-state index contributed by atoms with van der Waals surface area (Å²) in [7, 11) is 0. The molecule has 0 aliphatic heterocycles. The van der Waals surface area contributed by atoms with Crippen LogP contribution in [0.2, 0.25) is 0 Å². The monoisotopic (exact) mass is 309 g/mol. The first-order valence-corrected chi connectivity index (χ1v) is 6.95. The number of hydrogen-bond acceptors (Lipinski definition) is 3. The Balaban J connectivity index is 2.32. The van der Waals surface area contributed by atoms with Crippen LogP contribution in [0.3, 0.4) is 0 Å². The fourth-order valence-electron chi connectivity index (χ4n) is 2.78. The van der Waals surface area contributed by atoms with Crippen molar-refractivity contribution < 1.29 is 15.0 Å². The lowest BCUT2D eigenvalue weighted by atomic mass is 10.0. The highest BCUT2D eigenvalue weighted by atomic mass is 16.4. The average Bonchev–Trinajstić information content (AvgIpc) is 2.87. The van der Waals surface area contributed by atoms with Crippen molar-refractivity contribution in [2.45, 2.75) is 6.04 Å². The molecule has 0 amide bonds. The Kier molecular flexibility index (Phi) is 3.50. The van der Waals surface area contributed by atoms with Crippen molar-refractivity contribution in [3.05, 3.63) is 65.9 Å². The number of rotatable bonds is 4. The topological polar surface area (TPSA) is 112 Å². The highest BCUT2D eigenvalue weighted by Crippen LogP contribution is 2.29. The van der Waals surface area contributed by atoms with E-state index in [1.165, 1.54) is 16.7 Å². The number of hydrogen-bond donors (Lipinski definition) is 4. The first kappa shape index (κ1) is 14.6. The van der Waals surface area contributed by atoms with E-state index in [2.05, 4.69) is 0 Å². The van der Waals surface area contributed by atoms with E-state index in [-0.39, 0.29) is 17.3 Å². The summed E-state index contributed by atoms with van der Waals surface area (Å²) in [5.41, 5.74) is 7.00. The van der Waals surface area contributed by atoms with E-state index in [0.717, 1.165) is 5.39 Å². The van der Waals surface area contributed by atoms with E-state index in [0.29, 0.717) is 11.1 Å². The first-order valence-electron chi connectivity index (χ1n) is 6.95. The van der Waals surface area contributed by atoms with E-state index in [4.69, 9.17) is 11.1 Å². The molecule has 0 radical (unpaired) electrons. The molecule has 6 heteroatoms. The molecule has 0 saturated carbocycles. The highest BCUT2D eigenvalue weighted by Gasteiger charge is 2.25. The van der Waals surface area contributed by atoms with Crippen LogP contribution in [0.4, 0.5) is 0 Å². The number of nitrogens with zero attached hydrogens (tertiary/aromatic N) is 1. The van der Waals surface area contributed by atoms with Gasteiger partial charge in [-0.05, 0) is 29.8 Å². The second kappa shape index (κ2) is 5.49. The molecule has 1 aromatic heterocycles. The molecule has 1 unspecified atom stereocenters. The quantitative estimate of drug-likeness (QED) is 0.438. The van der Waals surface area contributed by atoms with Gasteiger partial charge in [-0.3, -0.25) is 5.41 Å². The minimum absolute atomic E-state index is 0.0297. The Labute approximate surface area is 131 Å². The predicted molar refractivity (Wildman–Crippen MR) is 87.1 cm³/mol. The zero-order valence-electron chi connectivity index (χ0n) is 12.1. The van der Waals surface area contributed by atoms with Crippen molar-refractivity contribution in [3.8, 4) is 5.75 Å². The second-order valence-electron chi connectivity index (χ2n) is 5.22. The van der Waals surface area contributed by atoms with Crippen molar-refractivity contribution in [1.82, 2.24) is 4.57 Å². The maximum Gasteiger partial charge on any atom is 0.352 e. The maximum absolute atomic E-state index is 11.6. The van der Waals surface area contributed by atoms with E-state index in [1.807, 2.05) is 6.07 Å². The number of phenolic OH excluding ortho intramolecular Hbond substituents is 1. The van der Waals surface area contributed by atoms with Crippen molar-refractivity contribution in [2.75, 3.05) is 0 Å². The summed E-state index contributed by atoms with van der Waals surface area (Å²) in [5.74, 6) is -1.28. The standard InChI is InChI=1S/C17H15N3O3/c18-16(19)15(11-5-3-6-12(21)8-11)20-13-7-2-1-4-10(13)9-14(20)17(22)23/h1-9,15,21H,(H3,18,19)(H,22,23). The van der Waals surface area contributed by atoms with Gasteiger partial charge in [-0.2, -0.15) is 0 Å². The summed E-state index contributed by atoms with van der Waals surface area (Å²) >= 11 is 0. The predicted octanol–water partition coefficient (Wildman–Crippen LogP) is 2.57. The molecular weight excluding hydrogens is 294 g/mol. The fraction of sp³-hybridized carbons (Fsp3) is 0.0588. The van der Waals surface area contributed by atoms with Crippen molar-refractivity contribution >= 4 is 22.7 Å². The number of carboxylic acids is 1. The molecule has 5 N–H and O–H groups in total. The lowest BCUT2D eigenvalue weighted by Gasteiger charge is -2.21. The van der Waals surface area contributed by atoms with Crippen LogP contribution in [0.5, 0.6) is 5.75 Å². The van der Waals surface area contributed by atoms with Crippen LogP contribution < -0.4 is 5.73 Å². The molecular formula is C17H15N3O3. The molecule has 0 spiro atoms. The largest absolute Gasteiger partial charge is 0.508 e. The molecule has 116 valence electrons. The first-order chi connectivity index (χ1) is 11.0. The number of aromatic hydroxyl groups is 1. The van der Waals surface area contributed by atoms with Gasteiger partial charge in [-0.25, -0.2) is 4.79 Å². The molecule has 0 bridgehead atoms. The second-order valence-corrected chi connectivity index (χ2v) is 5.22. The normalized spacial score (nSPS) is 12.2. The molecule has 0 aliphatic rings. The zero-order chi connectivity index (χ0) is 16.6. The van der Waals surface area contributed by atoms with Crippen LogP contribution in [0.25, 0.3) is 10.9 Å². The van der Waals surface area contributed by atoms with Gasteiger partial charge in [-0.15, -0.1) is 0 Å². The summed E-state index contributed by atoms with van der Waals surface area (Å²) in [6.07, 6.45) is 0. The number of carboxylic acid groups (broad SMARTS) is 1. The van der Waals surface area contributed by atoms with Crippen molar-refractivity contribution in [3.63, 3.8) is 0 Å². The number of nitrogens with two attached hydrogens (primary N) is 1. The summed E-state index contributed by atoms with van der Waals surface area (Å²) < 4.78 is 1.51. The number of fused-ring (bicyclic) bond motifs is 1. The Hall–Kier alpha value is -3.28. The molecule has 1 atom stereocenters. The number of aromatic nitrogens is 1. The van der Waals surface area contributed by atoms with Gasteiger partial charge < -0.3 is 20.5 Å². The fourth-order valence-corrected chi connectivity index (χ4v) is 2.78. The Morgan fingerprint density at radius 1 is 1.13 bits per heavy atom. The number of nitrogens with one attached hydrogen (secondary N) is 1. The molecule has 0 aliphatic carbocycles. The van der Waals surface area contributed by atoms with Gasteiger partial charge in [0, 0.05) is 10.9 Å². The van der Waals surface area contributed by atoms with Gasteiger partial charge in [0.25, 0.3) is 0 Å². The molecule has 3 rings (SSSR count). The Morgan fingerprint density at radius 2 is 1.87 bits per heavy atom. The molecule has 2 aromatic carbocycles. The number of carbonyl (C=O) groups is 1. The third kappa shape index (κ3) is 2.50. The smallest absolute Gasteiger partial charge is 0.352 e. The lowest BCUT2D eigenvalue weighted by molar-refractivity contribution is 0.0685. The van der Waals surface area contributed by atoms with Crippen LogP contribution in [-0.4, -0.2) is 26.6 Å². The van der Waals surface area contributed by atoms with Crippen molar-refractivity contribution in [2.24, 2.45) is 5.73 Å². The van der Waals surface area contributed by atoms with E-state index in [9.17, 15) is 15.0 Å². The van der Waals surface area contributed by atoms with E-state index in [1.54, 1.807) is 36.4 Å². The zero-order valence-corrected chi connectivity index (χ0v) is 12.1. The van der Waals surface area contributed by atoms with Gasteiger partial charge in [-0.1, -0.05) is 30.3 Å². The van der Waals surface area contributed by atoms with Gasteiger partial charge in [0.15, 0.2) is 0 Å². The van der Waals surface area contributed by atoms with Gasteiger partial charge in [0.2, 0.25) is 0 Å². The van der Waals surface area contributed by atoms with Crippen LogP contribution >= 0.6 is 0 Å². The summed E-state index contributed by atoms with van der Waals surface area (Å²) in [5, 5.41) is 27.9. The minimum atomic E-state index is -1.10. The minimum Gasteiger partial charge on any atom is -0.508 e. The van der Waals surface area contributed by atoms with Crippen LogP contribution in [0, 0.1) is 5.41 Å². The van der Waals surface area contributed by atoms with Crippen LogP contribution in [0.1, 0.15) is 22.1 Å². The van der Waals surface area contributed by atoms with Crippen LogP contribution in [0.15, 0.2) is 54.6 Å². The number of phenols is 1. The summed E-state index contributed by atoms with van der Waals surface area (Å²) in [4.78, 5) is 11.6. The summed E-state index contributed by atoms with van der Waals surface area (Å²) in [6.45, 7) is 0. The average molecular weight is 309 g/mol. The summed E-state index contributed by atoms with van der Waals surface area (Å²) in [6, 6.07) is 14.2. The number of amidine groups is 1. The maximum atomic E-state index is 11.6. The Bertz CT molecular complexity index is 914. The number of benzene rings is 2. The molecule has 6 nitrogen and oxygen atoms in total. The molecule has 1 heterocycles. The van der Waals surface area contributed by atoms with Gasteiger partial charge in [0.05, 0.1) is 0 Å². The van der Waals surface area contributed by atoms with Gasteiger partial charge in [0.1, 0.15) is 23.3 Å². The molecule has 0 fully saturated rings.